The van der Waals surface area contributed by atoms with Crippen LogP contribution in [0.25, 0.3) is 0 Å². The average molecular weight is 499 g/mol. The maximum atomic E-state index is 14.1. The van der Waals surface area contributed by atoms with Gasteiger partial charge in [-0.3, -0.25) is 4.79 Å². The van der Waals surface area contributed by atoms with Crippen LogP contribution >= 0.6 is 22.9 Å². The first-order valence-electron chi connectivity index (χ1n) is 9.59. The summed E-state index contributed by atoms with van der Waals surface area (Å²) in [7, 11) is -4.15. The Kier molecular flexibility index (Phi) is 6.52. The van der Waals surface area contributed by atoms with Gasteiger partial charge in [0.2, 0.25) is 15.0 Å². The van der Waals surface area contributed by atoms with Gasteiger partial charge in [0.25, 0.3) is 5.91 Å². The number of nitrogens with zero attached hydrogens (tertiary/aromatic N) is 3. The number of anilines is 1. The van der Waals surface area contributed by atoms with Gasteiger partial charge in [0.1, 0.15) is 21.5 Å². The second-order valence-electron chi connectivity index (χ2n) is 7.18. The van der Waals surface area contributed by atoms with Crippen LogP contribution < -0.4 is 5.32 Å². The lowest BCUT2D eigenvalue weighted by atomic mass is 10.0. The zero-order valence-electron chi connectivity index (χ0n) is 16.5. The first-order valence-corrected chi connectivity index (χ1v) is 12.2. The van der Waals surface area contributed by atoms with Gasteiger partial charge in [-0.15, -0.1) is 10.2 Å². The van der Waals surface area contributed by atoms with Gasteiger partial charge in [0.05, 0.1) is 0 Å². The number of carbonyl (C=O) groups is 1. The van der Waals surface area contributed by atoms with E-state index in [1.807, 2.05) is 0 Å². The van der Waals surface area contributed by atoms with E-state index in [4.69, 9.17) is 11.6 Å². The van der Waals surface area contributed by atoms with E-state index in [0.717, 1.165) is 27.8 Å². The van der Waals surface area contributed by atoms with E-state index in [1.165, 1.54) is 0 Å². The summed E-state index contributed by atoms with van der Waals surface area (Å²) in [5.74, 6) is -2.72. The van der Waals surface area contributed by atoms with E-state index in [2.05, 4.69) is 15.5 Å². The highest BCUT2D eigenvalue weighted by Gasteiger charge is 2.34. The Bertz CT molecular complexity index is 1250. The maximum absolute atomic E-state index is 14.1. The minimum Gasteiger partial charge on any atom is -0.320 e. The van der Waals surface area contributed by atoms with Gasteiger partial charge in [-0.25, -0.2) is 17.2 Å². The smallest absolute Gasteiger partial charge is 0.286 e. The summed E-state index contributed by atoms with van der Waals surface area (Å²) in [5, 5.41) is 11.9. The number of sulfonamides is 1. The number of benzene rings is 2. The second-order valence-corrected chi connectivity index (χ2v) is 10.5. The lowest BCUT2D eigenvalue weighted by Crippen LogP contribution is -2.39. The number of hydrogen-bond acceptors (Lipinski definition) is 6. The molecule has 1 saturated heterocycles. The lowest BCUT2D eigenvalue weighted by Gasteiger charge is -2.30. The summed E-state index contributed by atoms with van der Waals surface area (Å²) in [6.45, 7) is 0.269. The van der Waals surface area contributed by atoms with Crippen molar-refractivity contribution in [1.29, 1.82) is 0 Å². The number of carbonyl (C=O) groups excluding carboxylic acids is 1. The number of hydrogen-bond donors (Lipinski definition) is 1. The van der Waals surface area contributed by atoms with Gasteiger partial charge in [-0.1, -0.05) is 22.9 Å². The first-order chi connectivity index (χ1) is 15.2. The van der Waals surface area contributed by atoms with E-state index in [0.29, 0.717) is 34.6 Å². The molecule has 2 aromatic carbocycles. The number of rotatable bonds is 5. The Morgan fingerprint density at radius 3 is 2.62 bits per heavy atom. The third-order valence-electron chi connectivity index (χ3n) is 4.98. The molecule has 0 saturated carbocycles. The molecular weight excluding hydrogens is 482 g/mol. The monoisotopic (exact) mass is 498 g/mol. The summed E-state index contributed by atoms with van der Waals surface area (Å²) < 4.78 is 54.2. The largest absolute Gasteiger partial charge is 0.320 e. The molecule has 0 radical (unpaired) electrons. The number of nitrogens with one attached hydrogen (secondary N) is 1. The zero-order chi connectivity index (χ0) is 22.9. The molecule has 12 heteroatoms. The summed E-state index contributed by atoms with van der Waals surface area (Å²) >= 11 is 6.91. The fourth-order valence-corrected chi connectivity index (χ4v) is 5.95. The van der Waals surface area contributed by atoms with Crippen molar-refractivity contribution >= 4 is 44.6 Å². The number of piperidine rings is 1. The van der Waals surface area contributed by atoms with Crippen molar-refractivity contribution in [2.75, 3.05) is 18.4 Å². The van der Waals surface area contributed by atoms with Gasteiger partial charge in [-0.05, 0) is 49.2 Å². The summed E-state index contributed by atoms with van der Waals surface area (Å²) in [4.78, 5) is 11.9. The molecule has 1 amide bonds. The number of aromatic nitrogens is 2. The number of halogens is 3. The molecule has 1 aromatic heterocycles. The van der Waals surface area contributed by atoms with Gasteiger partial charge in [0, 0.05) is 35.8 Å². The van der Waals surface area contributed by atoms with Gasteiger partial charge in [0.15, 0.2) is 0 Å². The van der Waals surface area contributed by atoms with Crippen molar-refractivity contribution in [3.63, 3.8) is 0 Å². The van der Waals surface area contributed by atoms with Gasteiger partial charge >= 0.3 is 0 Å². The molecular formula is C20H17ClF2N4O3S2. The van der Waals surface area contributed by atoms with Crippen molar-refractivity contribution in [2.24, 2.45) is 0 Å². The third kappa shape index (κ3) is 4.80. The summed E-state index contributed by atoms with van der Waals surface area (Å²) in [6.07, 6.45) is 1.17. The molecule has 1 fully saturated rings. The van der Waals surface area contributed by atoms with Crippen LogP contribution in [0.3, 0.4) is 0 Å². The Morgan fingerprint density at radius 1 is 1.16 bits per heavy atom. The highest BCUT2D eigenvalue weighted by Crippen LogP contribution is 2.32. The van der Waals surface area contributed by atoms with Crippen molar-refractivity contribution < 1.29 is 22.0 Å². The summed E-state index contributed by atoms with van der Waals surface area (Å²) in [6, 6.07) is 8.97. The van der Waals surface area contributed by atoms with Crippen LogP contribution in [0.1, 0.15) is 33.6 Å². The topological polar surface area (TPSA) is 92.3 Å². The van der Waals surface area contributed by atoms with E-state index in [1.54, 1.807) is 24.3 Å². The normalized spacial score (nSPS) is 17.3. The molecule has 0 unspecified atom stereocenters. The second kappa shape index (κ2) is 9.18. The van der Waals surface area contributed by atoms with Crippen LogP contribution in [0.15, 0.2) is 47.4 Å². The predicted molar refractivity (Wildman–Crippen MR) is 116 cm³/mol. The Morgan fingerprint density at radius 2 is 1.91 bits per heavy atom. The fraction of sp³-hybridized carbons (Fsp3) is 0.250. The highest BCUT2D eigenvalue weighted by molar-refractivity contribution is 7.89. The summed E-state index contributed by atoms with van der Waals surface area (Å²) in [5.41, 5.74) is 0.549. The van der Waals surface area contributed by atoms with Crippen molar-refractivity contribution in [3.8, 4) is 0 Å². The third-order valence-corrected chi connectivity index (χ3v) is 8.22. The molecule has 0 bridgehead atoms. The quantitative estimate of drug-likeness (QED) is 0.566. The number of amides is 1. The average Bonchev–Trinajstić information content (AvgIpc) is 3.26. The van der Waals surface area contributed by atoms with E-state index < -0.39 is 32.5 Å². The molecule has 32 heavy (non-hydrogen) atoms. The molecule has 1 N–H and O–H groups in total. The van der Waals surface area contributed by atoms with Crippen LogP contribution in [0.5, 0.6) is 0 Å². The van der Waals surface area contributed by atoms with Crippen LogP contribution in [0, 0.1) is 11.6 Å². The van der Waals surface area contributed by atoms with E-state index >= 15 is 0 Å². The Hall–Kier alpha value is -2.47. The van der Waals surface area contributed by atoms with E-state index in [9.17, 15) is 22.0 Å². The molecule has 1 aliphatic rings. The molecule has 4 rings (SSSR count). The molecule has 7 nitrogen and oxygen atoms in total. The maximum Gasteiger partial charge on any atom is 0.286 e. The van der Waals surface area contributed by atoms with Crippen LogP contribution in [-0.4, -0.2) is 41.9 Å². The first kappa shape index (κ1) is 22.7. The van der Waals surface area contributed by atoms with Crippen molar-refractivity contribution in [1.82, 2.24) is 14.5 Å². The molecule has 3 aromatic rings. The molecule has 0 aliphatic carbocycles. The van der Waals surface area contributed by atoms with Gasteiger partial charge in [-0.2, -0.15) is 4.31 Å². The van der Waals surface area contributed by atoms with Crippen LogP contribution in [-0.2, 0) is 10.0 Å². The Balaban J connectivity index is 1.48. The van der Waals surface area contributed by atoms with Crippen molar-refractivity contribution in [2.45, 2.75) is 23.7 Å². The van der Waals surface area contributed by atoms with Gasteiger partial charge < -0.3 is 5.32 Å². The standard InChI is InChI=1S/C20H17ClF2N4O3S2/c21-13-3-6-15(7-4-13)24-18(28)20-26-25-19(31-20)12-2-1-9-27(11-12)32(29,30)17-8-5-14(22)10-16(17)23/h3-8,10,12H,1-2,9,11H2,(H,24,28)/t12-/m1/s1. The Labute approximate surface area is 192 Å². The fourth-order valence-electron chi connectivity index (χ4n) is 3.39. The highest BCUT2D eigenvalue weighted by atomic mass is 35.5. The predicted octanol–water partition coefficient (Wildman–Crippen LogP) is 4.29. The molecule has 1 atom stereocenters. The lowest BCUT2D eigenvalue weighted by molar-refractivity contribution is 0.102. The minimum atomic E-state index is -4.15. The van der Waals surface area contributed by atoms with Crippen molar-refractivity contribution in [3.05, 3.63) is 69.1 Å². The van der Waals surface area contributed by atoms with Crippen LogP contribution in [0.2, 0.25) is 5.02 Å². The molecule has 2 heterocycles. The zero-order valence-corrected chi connectivity index (χ0v) is 18.9. The van der Waals surface area contributed by atoms with E-state index in [-0.39, 0.29) is 24.0 Å². The molecule has 168 valence electrons. The molecule has 1 aliphatic heterocycles. The molecule has 0 spiro atoms. The van der Waals surface area contributed by atoms with Crippen LogP contribution in [0.4, 0.5) is 14.5 Å². The minimum absolute atomic E-state index is 0.0621. The SMILES string of the molecule is O=C(Nc1ccc(Cl)cc1)c1nnc([C@@H]2CCCN(S(=O)(=O)c3ccc(F)cc3F)C2)s1.